The number of aromatic nitrogens is 2. The van der Waals surface area contributed by atoms with E-state index >= 15 is 0 Å². The molecule has 0 atom stereocenters. The minimum atomic E-state index is 0.533. The summed E-state index contributed by atoms with van der Waals surface area (Å²) in [6, 6.07) is 9.98. The van der Waals surface area contributed by atoms with E-state index in [2.05, 4.69) is 13.5 Å². The fourth-order valence-electron chi connectivity index (χ4n) is 2.51. The average Bonchev–Trinajstić information content (AvgIpc) is 2.83. The van der Waals surface area contributed by atoms with Crippen LogP contribution in [0.5, 0.6) is 5.75 Å². The van der Waals surface area contributed by atoms with Crippen LogP contribution in [0.2, 0.25) is 0 Å². The maximum Gasteiger partial charge on any atom is 0.138 e. The number of ether oxygens (including phenoxy) is 1. The summed E-state index contributed by atoms with van der Waals surface area (Å²) in [7, 11) is 0. The van der Waals surface area contributed by atoms with E-state index in [4.69, 9.17) is 15.5 Å². The average molecular weight is 307 g/mol. The van der Waals surface area contributed by atoms with Crippen molar-refractivity contribution in [3.63, 3.8) is 0 Å². The van der Waals surface area contributed by atoms with Gasteiger partial charge in [0.15, 0.2) is 0 Å². The first-order chi connectivity index (χ1) is 11.0. The Hall–Kier alpha value is -2.75. The minimum absolute atomic E-state index is 0.533. The number of fused-ring (bicyclic) bond motifs is 1. The van der Waals surface area contributed by atoms with Crippen LogP contribution in [0.25, 0.3) is 16.9 Å². The standard InChI is InChI=1S/C19H21N3O/c1-12(2)11-23-16-7-5-15(6-8-16)19-14(4)22-10-17(20)13(3)9-18(22)21-19/h5-10H,1,11,20H2,2-4H3. The van der Waals surface area contributed by atoms with Crippen LogP contribution in [0.4, 0.5) is 5.69 Å². The monoisotopic (exact) mass is 307 g/mol. The predicted molar refractivity (Wildman–Crippen MR) is 94.8 cm³/mol. The highest BCUT2D eigenvalue weighted by atomic mass is 16.5. The number of pyridine rings is 1. The first kappa shape index (κ1) is 15.2. The van der Waals surface area contributed by atoms with Gasteiger partial charge < -0.3 is 14.9 Å². The number of benzene rings is 1. The Kier molecular flexibility index (Phi) is 3.82. The van der Waals surface area contributed by atoms with Gasteiger partial charge in [-0.25, -0.2) is 4.98 Å². The number of anilines is 1. The van der Waals surface area contributed by atoms with Gasteiger partial charge in [-0.3, -0.25) is 0 Å². The van der Waals surface area contributed by atoms with Crippen LogP contribution in [0.3, 0.4) is 0 Å². The highest BCUT2D eigenvalue weighted by Gasteiger charge is 2.11. The summed E-state index contributed by atoms with van der Waals surface area (Å²) in [6.07, 6.45) is 1.93. The molecule has 0 fully saturated rings. The number of imidazole rings is 1. The zero-order valence-electron chi connectivity index (χ0n) is 13.8. The highest BCUT2D eigenvalue weighted by Crippen LogP contribution is 2.27. The number of aryl methyl sites for hydroxylation is 2. The molecule has 2 aromatic heterocycles. The molecule has 23 heavy (non-hydrogen) atoms. The zero-order valence-corrected chi connectivity index (χ0v) is 13.8. The summed E-state index contributed by atoms with van der Waals surface area (Å²) in [5, 5.41) is 0. The van der Waals surface area contributed by atoms with Gasteiger partial charge in [0.1, 0.15) is 18.0 Å². The maximum absolute atomic E-state index is 6.01. The molecule has 3 aromatic rings. The van der Waals surface area contributed by atoms with Gasteiger partial charge in [0.25, 0.3) is 0 Å². The van der Waals surface area contributed by atoms with Gasteiger partial charge in [-0.05, 0) is 62.2 Å². The van der Waals surface area contributed by atoms with Crippen molar-refractivity contribution in [3.05, 3.63) is 59.9 Å². The van der Waals surface area contributed by atoms with Crippen LogP contribution in [-0.4, -0.2) is 16.0 Å². The van der Waals surface area contributed by atoms with Crippen LogP contribution in [0.15, 0.2) is 48.7 Å². The SMILES string of the molecule is C=C(C)COc1ccc(-c2nc3cc(C)c(N)cn3c2C)cc1. The number of hydrogen-bond donors (Lipinski definition) is 1. The largest absolute Gasteiger partial charge is 0.489 e. The van der Waals surface area contributed by atoms with Crippen LogP contribution in [0.1, 0.15) is 18.2 Å². The van der Waals surface area contributed by atoms with Crippen LogP contribution < -0.4 is 10.5 Å². The van der Waals surface area contributed by atoms with Gasteiger partial charge >= 0.3 is 0 Å². The molecule has 4 heteroatoms. The van der Waals surface area contributed by atoms with Crippen molar-refractivity contribution < 1.29 is 4.74 Å². The van der Waals surface area contributed by atoms with Crippen molar-refractivity contribution in [1.29, 1.82) is 0 Å². The zero-order chi connectivity index (χ0) is 16.6. The van der Waals surface area contributed by atoms with Crippen LogP contribution in [-0.2, 0) is 0 Å². The van der Waals surface area contributed by atoms with E-state index in [0.29, 0.717) is 6.61 Å². The van der Waals surface area contributed by atoms with Crippen LogP contribution in [0, 0.1) is 13.8 Å². The van der Waals surface area contributed by atoms with Gasteiger partial charge in [-0.2, -0.15) is 0 Å². The summed E-state index contributed by atoms with van der Waals surface area (Å²) in [6.45, 7) is 10.4. The summed E-state index contributed by atoms with van der Waals surface area (Å²) >= 11 is 0. The Morgan fingerprint density at radius 3 is 2.61 bits per heavy atom. The lowest BCUT2D eigenvalue weighted by Gasteiger charge is -2.06. The van der Waals surface area contributed by atoms with E-state index < -0.39 is 0 Å². The molecule has 2 heterocycles. The second kappa shape index (κ2) is 5.80. The van der Waals surface area contributed by atoms with Crippen molar-refractivity contribution in [2.75, 3.05) is 12.3 Å². The Bertz CT molecular complexity index is 876. The second-order valence-electron chi connectivity index (χ2n) is 5.96. The Balaban J connectivity index is 1.96. The first-order valence-electron chi connectivity index (χ1n) is 7.58. The van der Waals surface area contributed by atoms with E-state index in [0.717, 1.165) is 45.2 Å². The van der Waals surface area contributed by atoms with Crippen molar-refractivity contribution >= 4 is 11.3 Å². The van der Waals surface area contributed by atoms with E-state index in [1.807, 2.05) is 54.8 Å². The molecule has 0 saturated carbocycles. The molecule has 0 bridgehead atoms. The maximum atomic E-state index is 6.01. The lowest BCUT2D eigenvalue weighted by molar-refractivity contribution is 0.353. The number of rotatable bonds is 4. The summed E-state index contributed by atoms with van der Waals surface area (Å²) < 4.78 is 7.67. The summed E-state index contributed by atoms with van der Waals surface area (Å²) in [4.78, 5) is 4.74. The fraction of sp³-hybridized carbons (Fsp3) is 0.211. The number of nitrogens with zero attached hydrogens (tertiary/aromatic N) is 2. The lowest BCUT2D eigenvalue weighted by Crippen LogP contribution is -1.97. The molecule has 1 aromatic carbocycles. The van der Waals surface area contributed by atoms with Crippen LogP contribution >= 0.6 is 0 Å². The molecule has 0 aliphatic heterocycles. The molecular formula is C19H21N3O. The minimum Gasteiger partial charge on any atom is -0.489 e. The molecule has 0 aliphatic rings. The Morgan fingerprint density at radius 1 is 1.26 bits per heavy atom. The van der Waals surface area contributed by atoms with Gasteiger partial charge in [0.05, 0.1) is 11.4 Å². The lowest BCUT2D eigenvalue weighted by atomic mass is 10.1. The summed E-state index contributed by atoms with van der Waals surface area (Å²) in [5.41, 5.74) is 12.8. The summed E-state index contributed by atoms with van der Waals surface area (Å²) in [5.74, 6) is 0.832. The molecule has 2 N–H and O–H groups in total. The molecule has 0 spiro atoms. The molecule has 0 unspecified atom stereocenters. The third-order valence-corrected chi connectivity index (χ3v) is 3.86. The molecule has 118 valence electrons. The van der Waals surface area contributed by atoms with E-state index in [9.17, 15) is 0 Å². The first-order valence-corrected chi connectivity index (χ1v) is 7.58. The molecule has 0 aliphatic carbocycles. The quantitative estimate of drug-likeness (QED) is 0.736. The molecule has 0 saturated heterocycles. The topological polar surface area (TPSA) is 52.5 Å². The van der Waals surface area contributed by atoms with E-state index in [1.165, 1.54) is 0 Å². The van der Waals surface area contributed by atoms with Gasteiger partial charge in [0.2, 0.25) is 0 Å². The molecular weight excluding hydrogens is 286 g/mol. The third kappa shape index (κ3) is 2.93. The molecule has 3 rings (SSSR count). The molecule has 4 nitrogen and oxygen atoms in total. The predicted octanol–water partition coefficient (Wildman–Crippen LogP) is 4.16. The van der Waals surface area contributed by atoms with E-state index in [-0.39, 0.29) is 0 Å². The number of nitrogen functional groups attached to an aromatic ring is 1. The molecule has 0 radical (unpaired) electrons. The Labute approximate surface area is 136 Å². The van der Waals surface area contributed by atoms with Crippen molar-refractivity contribution in [2.45, 2.75) is 20.8 Å². The van der Waals surface area contributed by atoms with Crippen molar-refractivity contribution in [1.82, 2.24) is 9.38 Å². The van der Waals surface area contributed by atoms with Gasteiger partial charge in [0, 0.05) is 17.5 Å². The third-order valence-electron chi connectivity index (χ3n) is 3.86. The highest BCUT2D eigenvalue weighted by molar-refractivity contribution is 5.68. The number of nitrogens with two attached hydrogens (primary N) is 1. The van der Waals surface area contributed by atoms with Gasteiger partial charge in [-0.15, -0.1) is 0 Å². The Morgan fingerprint density at radius 2 is 1.96 bits per heavy atom. The molecule has 0 amide bonds. The fourth-order valence-corrected chi connectivity index (χ4v) is 2.51. The second-order valence-corrected chi connectivity index (χ2v) is 5.96. The smallest absolute Gasteiger partial charge is 0.138 e. The van der Waals surface area contributed by atoms with Crippen molar-refractivity contribution in [3.8, 4) is 17.0 Å². The van der Waals surface area contributed by atoms with Gasteiger partial charge in [-0.1, -0.05) is 6.58 Å². The van der Waals surface area contributed by atoms with E-state index in [1.54, 1.807) is 0 Å². The van der Waals surface area contributed by atoms with Crippen molar-refractivity contribution in [2.24, 2.45) is 0 Å². The number of hydrogen-bond acceptors (Lipinski definition) is 3. The normalized spacial score (nSPS) is 10.9.